The van der Waals surface area contributed by atoms with Gasteiger partial charge in [0.15, 0.2) is 0 Å². The minimum absolute atomic E-state index is 0.0560. The molecule has 0 radical (unpaired) electrons. The van der Waals surface area contributed by atoms with Crippen molar-refractivity contribution in [2.24, 2.45) is 5.73 Å². The summed E-state index contributed by atoms with van der Waals surface area (Å²) in [5, 5.41) is 0. The zero-order valence-electron chi connectivity index (χ0n) is 9.15. The van der Waals surface area contributed by atoms with E-state index in [4.69, 9.17) is 5.73 Å². The smallest absolute Gasteiger partial charge is 0.123 e. The van der Waals surface area contributed by atoms with Crippen LogP contribution in [0.1, 0.15) is 18.5 Å². The molecule has 2 aromatic rings. The molecule has 0 aliphatic heterocycles. The topological polar surface area (TPSA) is 26.0 Å². The van der Waals surface area contributed by atoms with E-state index in [9.17, 15) is 4.39 Å². The Morgan fingerprint density at radius 2 is 1.81 bits per heavy atom. The third-order valence-electron chi connectivity index (χ3n) is 2.59. The molecule has 0 fully saturated rings. The molecule has 16 heavy (non-hydrogen) atoms. The summed E-state index contributed by atoms with van der Waals surface area (Å²) in [6.45, 7) is 1.93. The summed E-state index contributed by atoms with van der Waals surface area (Å²) < 4.78 is 13.2. The van der Waals surface area contributed by atoms with Gasteiger partial charge in [0.1, 0.15) is 5.82 Å². The summed E-state index contributed by atoms with van der Waals surface area (Å²) in [5.41, 5.74) is 8.80. The maximum atomic E-state index is 13.2. The molecule has 1 unspecified atom stereocenters. The number of hydrogen-bond donors (Lipinski definition) is 1. The fourth-order valence-corrected chi connectivity index (χ4v) is 1.81. The first-order valence-electron chi connectivity index (χ1n) is 5.29. The average molecular weight is 215 g/mol. The first kappa shape index (κ1) is 10.8. The molecule has 2 N–H and O–H groups in total. The van der Waals surface area contributed by atoms with Crippen molar-refractivity contribution in [3.63, 3.8) is 0 Å². The van der Waals surface area contributed by atoms with E-state index in [0.717, 1.165) is 16.7 Å². The molecule has 0 heterocycles. The molecule has 0 saturated carbocycles. The largest absolute Gasteiger partial charge is 0.324 e. The van der Waals surface area contributed by atoms with Gasteiger partial charge in [0.25, 0.3) is 0 Å². The lowest BCUT2D eigenvalue weighted by atomic mass is 9.96. The summed E-state index contributed by atoms with van der Waals surface area (Å²) in [6.07, 6.45) is 0. The van der Waals surface area contributed by atoms with Crippen LogP contribution in [0.25, 0.3) is 11.1 Å². The third kappa shape index (κ3) is 2.12. The van der Waals surface area contributed by atoms with E-state index in [1.807, 2.05) is 37.3 Å². The van der Waals surface area contributed by atoms with Crippen molar-refractivity contribution in [1.82, 2.24) is 0 Å². The van der Waals surface area contributed by atoms with Crippen LogP contribution in [0.2, 0.25) is 0 Å². The van der Waals surface area contributed by atoms with Crippen molar-refractivity contribution in [1.29, 1.82) is 0 Å². The molecule has 2 aromatic carbocycles. The number of hydrogen-bond acceptors (Lipinski definition) is 1. The van der Waals surface area contributed by atoms with Gasteiger partial charge in [-0.1, -0.05) is 36.4 Å². The summed E-state index contributed by atoms with van der Waals surface area (Å²) >= 11 is 0. The van der Waals surface area contributed by atoms with Gasteiger partial charge in [-0.15, -0.1) is 0 Å². The lowest BCUT2D eigenvalue weighted by molar-refractivity contribution is 0.628. The highest BCUT2D eigenvalue weighted by molar-refractivity contribution is 5.67. The van der Waals surface area contributed by atoms with Crippen molar-refractivity contribution in [3.8, 4) is 11.1 Å². The monoisotopic (exact) mass is 215 g/mol. The fourth-order valence-electron chi connectivity index (χ4n) is 1.81. The second-order valence-corrected chi connectivity index (χ2v) is 3.89. The minimum Gasteiger partial charge on any atom is -0.324 e. The number of nitrogens with two attached hydrogens (primary N) is 1. The van der Waals surface area contributed by atoms with Gasteiger partial charge in [0.2, 0.25) is 0 Å². The Balaban J connectivity index is 2.55. The van der Waals surface area contributed by atoms with Gasteiger partial charge in [-0.3, -0.25) is 0 Å². The molecule has 0 bridgehead atoms. The zero-order chi connectivity index (χ0) is 11.5. The third-order valence-corrected chi connectivity index (χ3v) is 2.59. The van der Waals surface area contributed by atoms with E-state index in [1.54, 1.807) is 6.07 Å². The van der Waals surface area contributed by atoms with Crippen LogP contribution >= 0.6 is 0 Å². The predicted octanol–water partition coefficient (Wildman–Crippen LogP) is 3.51. The Bertz CT molecular complexity index is 492. The molecule has 1 nitrogen and oxygen atoms in total. The molecule has 0 aromatic heterocycles. The Morgan fingerprint density at radius 3 is 2.50 bits per heavy atom. The minimum atomic E-state index is -0.225. The van der Waals surface area contributed by atoms with Crippen molar-refractivity contribution < 1.29 is 4.39 Å². The lowest BCUT2D eigenvalue weighted by Crippen LogP contribution is -2.06. The van der Waals surface area contributed by atoms with Gasteiger partial charge in [-0.05, 0) is 35.7 Å². The van der Waals surface area contributed by atoms with Crippen LogP contribution in [-0.2, 0) is 0 Å². The quantitative estimate of drug-likeness (QED) is 0.815. The molecule has 0 saturated heterocycles. The van der Waals surface area contributed by atoms with E-state index >= 15 is 0 Å². The molecule has 0 aliphatic carbocycles. The van der Waals surface area contributed by atoms with Crippen LogP contribution in [-0.4, -0.2) is 0 Å². The van der Waals surface area contributed by atoms with Gasteiger partial charge >= 0.3 is 0 Å². The highest BCUT2D eigenvalue weighted by Crippen LogP contribution is 2.27. The molecule has 82 valence electrons. The SMILES string of the molecule is CC(N)c1ccccc1-c1cccc(F)c1. The summed E-state index contributed by atoms with van der Waals surface area (Å²) in [6, 6.07) is 14.3. The predicted molar refractivity (Wildman–Crippen MR) is 64.4 cm³/mol. The first-order valence-corrected chi connectivity index (χ1v) is 5.29. The molecular weight excluding hydrogens is 201 g/mol. The normalized spacial score (nSPS) is 12.4. The van der Waals surface area contributed by atoms with Crippen LogP contribution in [0.5, 0.6) is 0 Å². The number of rotatable bonds is 2. The van der Waals surface area contributed by atoms with Crippen LogP contribution < -0.4 is 5.73 Å². The summed E-state index contributed by atoms with van der Waals surface area (Å²) in [4.78, 5) is 0. The van der Waals surface area contributed by atoms with E-state index in [0.29, 0.717) is 0 Å². The average Bonchev–Trinajstić information content (AvgIpc) is 2.29. The second kappa shape index (κ2) is 4.45. The molecule has 0 amide bonds. The maximum absolute atomic E-state index is 13.2. The Morgan fingerprint density at radius 1 is 1.06 bits per heavy atom. The van der Waals surface area contributed by atoms with E-state index in [2.05, 4.69) is 0 Å². The van der Waals surface area contributed by atoms with E-state index in [1.165, 1.54) is 12.1 Å². The summed E-state index contributed by atoms with van der Waals surface area (Å²) in [5.74, 6) is -0.225. The first-order chi connectivity index (χ1) is 7.68. The van der Waals surface area contributed by atoms with Crippen molar-refractivity contribution in [2.45, 2.75) is 13.0 Å². The van der Waals surface area contributed by atoms with Gasteiger partial charge < -0.3 is 5.73 Å². The van der Waals surface area contributed by atoms with Crippen molar-refractivity contribution >= 4 is 0 Å². The van der Waals surface area contributed by atoms with E-state index < -0.39 is 0 Å². The fraction of sp³-hybridized carbons (Fsp3) is 0.143. The van der Waals surface area contributed by atoms with Crippen molar-refractivity contribution in [3.05, 3.63) is 59.9 Å². The number of benzene rings is 2. The molecule has 2 heteroatoms. The lowest BCUT2D eigenvalue weighted by Gasteiger charge is -2.12. The standard InChI is InChI=1S/C14H14FN/c1-10(16)13-7-2-3-8-14(13)11-5-4-6-12(15)9-11/h2-10H,16H2,1H3. The van der Waals surface area contributed by atoms with Crippen LogP contribution in [0.4, 0.5) is 4.39 Å². The van der Waals surface area contributed by atoms with Gasteiger partial charge in [0.05, 0.1) is 0 Å². The Kier molecular flexibility index (Phi) is 3.02. The van der Waals surface area contributed by atoms with Crippen LogP contribution in [0.15, 0.2) is 48.5 Å². The molecular formula is C14H14FN. The van der Waals surface area contributed by atoms with Crippen LogP contribution in [0.3, 0.4) is 0 Å². The van der Waals surface area contributed by atoms with E-state index in [-0.39, 0.29) is 11.9 Å². The molecule has 2 rings (SSSR count). The zero-order valence-corrected chi connectivity index (χ0v) is 9.15. The Labute approximate surface area is 94.7 Å². The highest BCUT2D eigenvalue weighted by atomic mass is 19.1. The second-order valence-electron chi connectivity index (χ2n) is 3.89. The number of halogens is 1. The summed E-state index contributed by atoms with van der Waals surface area (Å²) in [7, 11) is 0. The van der Waals surface area contributed by atoms with Crippen molar-refractivity contribution in [2.75, 3.05) is 0 Å². The maximum Gasteiger partial charge on any atom is 0.123 e. The van der Waals surface area contributed by atoms with Gasteiger partial charge in [-0.2, -0.15) is 0 Å². The van der Waals surface area contributed by atoms with Gasteiger partial charge in [0, 0.05) is 6.04 Å². The Hall–Kier alpha value is -1.67. The molecule has 1 atom stereocenters. The van der Waals surface area contributed by atoms with Crippen LogP contribution in [0, 0.1) is 5.82 Å². The molecule has 0 aliphatic rings. The highest BCUT2D eigenvalue weighted by Gasteiger charge is 2.08. The molecule has 0 spiro atoms. The van der Waals surface area contributed by atoms with Gasteiger partial charge in [-0.25, -0.2) is 4.39 Å².